The number of anilines is 2. The van der Waals surface area contributed by atoms with Crippen LogP contribution in [0, 0.1) is 10.1 Å². The molecule has 0 aliphatic carbocycles. The van der Waals surface area contributed by atoms with Gasteiger partial charge in [-0.1, -0.05) is 12.1 Å². The molecule has 0 spiro atoms. The minimum atomic E-state index is -1.33. The standard InChI is InChI=1S/C19H12N2O7/c22-14-3-1-10(6-15(14)23)9-2-4-16-13(5-9)20-18-12(19(24)25)7-11(21(26)27)8-17(18)28-16/h1-8,20,22-23H,(H,24,25). The maximum Gasteiger partial charge on any atom is 0.338 e. The van der Waals surface area contributed by atoms with Gasteiger partial charge in [-0.05, 0) is 35.4 Å². The van der Waals surface area contributed by atoms with Crippen LogP contribution in [0.2, 0.25) is 0 Å². The van der Waals surface area contributed by atoms with E-state index in [4.69, 9.17) is 4.74 Å². The molecule has 4 rings (SSSR count). The SMILES string of the molecule is O=C(O)c1cc([N+](=O)[O-])cc2c1Nc1cc(-c3ccc(O)c(O)c3)ccc1O2. The maximum atomic E-state index is 11.5. The Morgan fingerprint density at radius 1 is 0.964 bits per heavy atom. The van der Waals surface area contributed by atoms with E-state index in [1.165, 1.54) is 12.1 Å². The molecule has 0 unspecified atom stereocenters. The highest BCUT2D eigenvalue weighted by Crippen LogP contribution is 2.46. The molecule has 0 fully saturated rings. The summed E-state index contributed by atoms with van der Waals surface area (Å²) in [4.78, 5) is 21.9. The number of fused-ring (bicyclic) bond motifs is 2. The highest BCUT2D eigenvalue weighted by atomic mass is 16.6. The zero-order valence-corrected chi connectivity index (χ0v) is 14.0. The summed E-state index contributed by atoms with van der Waals surface area (Å²) in [7, 11) is 0. The predicted molar refractivity (Wildman–Crippen MR) is 98.6 cm³/mol. The number of phenolic OH excluding ortho intramolecular Hbond substituents is 2. The number of hydrogen-bond acceptors (Lipinski definition) is 7. The predicted octanol–water partition coefficient (Wildman–Crippen LogP) is 4.22. The topological polar surface area (TPSA) is 142 Å². The molecule has 0 bridgehead atoms. The minimum Gasteiger partial charge on any atom is -0.504 e. The van der Waals surface area contributed by atoms with Gasteiger partial charge in [0.15, 0.2) is 23.0 Å². The summed E-state index contributed by atoms with van der Waals surface area (Å²) in [5.41, 5.74) is 1.17. The second kappa shape index (κ2) is 6.16. The van der Waals surface area contributed by atoms with Gasteiger partial charge in [0, 0.05) is 6.07 Å². The first-order chi connectivity index (χ1) is 13.3. The summed E-state index contributed by atoms with van der Waals surface area (Å²) in [6.07, 6.45) is 0. The van der Waals surface area contributed by atoms with E-state index in [0.717, 1.165) is 12.1 Å². The van der Waals surface area contributed by atoms with Crippen LogP contribution in [-0.2, 0) is 0 Å². The Morgan fingerprint density at radius 2 is 1.68 bits per heavy atom. The van der Waals surface area contributed by atoms with Crippen molar-refractivity contribution >= 4 is 23.0 Å². The molecule has 0 atom stereocenters. The van der Waals surface area contributed by atoms with Crippen molar-refractivity contribution in [2.24, 2.45) is 0 Å². The normalized spacial score (nSPS) is 11.6. The summed E-state index contributed by atoms with van der Waals surface area (Å²) < 4.78 is 5.67. The van der Waals surface area contributed by atoms with Crippen LogP contribution >= 0.6 is 0 Å². The molecule has 0 amide bonds. The highest BCUT2D eigenvalue weighted by Gasteiger charge is 2.27. The van der Waals surface area contributed by atoms with Gasteiger partial charge >= 0.3 is 5.97 Å². The molecule has 1 aliphatic rings. The van der Waals surface area contributed by atoms with Crippen LogP contribution < -0.4 is 10.1 Å². The number of hydrogen-bond donors (Lipinski definition) is 4. The van der Waals surface area contributed by atoms with Crippen LogP contribution in [0.1, 0.15) is 10.4 Å². The maximum absolute atomic E-state index is 11.5. The van der Waals surface area contributed by atoms with Crippen molar-refractivity contribution < 1.29 is 29.8 Å². The number of phenols is 2. The Morgan fingerprint density at radius 3 is 2.36 bits per heavy atom. The first-order valence-electron chi connectivity index (χ1n) is 8.00. The fourth-order valence-electron chi connectivity index (χ4n) is 2.94. The van der Waals surface area contributed by atoms with Crippen molar-refractivity contribution in [3.05, 3.63) is 64.2 Å². The lowest BCUT2D eigenvalue weighted by atomic mass is 10.0. The lowest BCUT2D eigenvalue weighted by molar-refractivity contribution is -0.384. The Balaban J connectivity index is 1.79. The minimum absolute atomic E-state index is 0.0362. The molecule has 1 aliphatic heterocycles. The summed E-state index contributed by atoms with van der Waals surface area (Å²) in [6, 6.07) is 11.5. The molecule has 0 aromatic heterocycles. The van der Waals surface area contributed by atoms with E-state index in [9.17, 15) is 30.2 Å². The first kappa shape index (κ1) is 17.2. The molecule has 140 valence electrons. The molecule has 0 saturated heterocycles. The van der Waals surface area contributed by atoms with Crippen LogP contribution in [0.25, 0.3) is 11.1 Å². The summed E-state index contributed by atoms with van der Waals surface area (Å²) >= 11 is 0. The number of benzene rings is 3. The molecule has 3 aromatic rings. The van der Waals surface area contributed by atoms with Crippen LogP contribution in [0.5, 0.6) is 23.0 Å². The lowest BCUT2D eigenvalue weighted by Crippen LogP contribution is -2.10. The fraction of sp³-hybridized carbons (Fsp3) is 0. The van der Waals surface area contributed by atoms with Crippen molar-refractivity contribution in [3.8, 4) is 34.1 Å². The number of aromatic hydroxyl groups is 2. The number of nitrogens with one attached hydrogen (secondary N) is 1. The largest absolute Gasteiger partial charge is 0.504 e. The Kier molecular flexibility index (Phi) is 3.78. The van der Waals surface area contributed by atoms with E-state index in [1.807, 2.05) is 0 Å². The van der Waals surface area contributed by atoms with Gasteiger partial charge in [0.2, 0.25) is 0 Å². The van der Waals surface area contributed by atoms with Crippen LogP contribution in [0.15, 0.2) is 48.5 Å². The molecule has 0 radical (unpaired) electrons. The van der Waals surface area contributed by atoms with E-state index in [0.29, 0.717) is 22.6 Å². The van der Waals surface area contributed by atoms with E-state index >= 15 is 0 Å². The molecule has 9 heteroatoms. The van der Waals surface area contributed by atoms with Gasteiger partial charge in [-0.25, -0.2) is 4.79 Å². The Bertz CT molecular complexity index is 1160. The van der Waals surface area contributed by atoms with Gasteiger partial charge in [-0.2, -0.15) is 0 Å². The summed E-state index contributed by atoms with van der Waals surface area (Å²) in [5, 5.41) is 42.6. The number of rotatable bonds is 3. The summed E-state index contributed by atoms with van der Waals surface area (Å²) in [5.74, 6) is -1.46. The Labute approximate surface area is 157 Å². The molecule has 9 nitrogen and oxygen atoms in total. The molecular weight excluding hydrogens is 368 g/mol. The monoisotopic (exact) mass is 380 g/mol. The number of nitrogens with zero attached hydrogens (tertiary/aromatic N) is 1. The molecular formula is C19H12N2O7. The van der Waals surface area contributed by atoms with E-state index in [2.05, 4.69) is 5.32 Å². The van der Waals surface area contributed by atoms with Gasteiger partial charge < -0.3 is 25.4 Å². The number of non-ortho nitro benzene ring substituents is 1. The number of aromatic carboxylic acids is 1. The van der Waals surface area contributed by atoms with Crippen molar-refractivity contribution in [1.82, 2.24) is 0 Å². The van der Waals surface area contributed by atoms with Crippen molar-refractivity contribution in [1.29, 1.82) is 0 Å². The third-order valence-corrected chi connectivity index (χ3v) is 4.30. The second-order valence-electron chi connectivity index (χ2n) is 6.07. The fourth-order valence-corrected chi connectivity index (χ4v) is 2.94. The number of nitro benzene ring substituents is 1. The number of carbonyl (C=O) groups is 1. The van der Waals surface area contributed by atoms with Crippen molar-refractivity contribution in [3.63, 3.8) is 0 Å². The number of ether oxygens (including phenoxy) is 1. The first-order valence-corrected chi connectivity index (χ1v) is 8.00. The molecule has 4 N–H and O–H groups in total. The van der Waals surface area contributed by atoms with E-state index in [-0.39, 0.29) is 28.5 Å². The molecule has 28 heavy (non-hydrogen) atoms. The number of nitro groups is 1. The molecule has 3 aromatic carbocycles. The zero-order valence-electron chi connectivity index (χ0n) is 14.0. The third kappa shape index (κ3) is 2.80. The number of carboxylic acid groups (broad SMARTS) is 1. The number of carboxylic acids is 1. The second-order valence-corrected chi connectivity index (χ2v) is 6.07. The smallest absolute Gasteiger partial charge is 0.338 e. The zero-order chi connectivity index (χ0) is 20.0. The van der Waals surface area contributed by atoms with Crippen LogP contribution in [-0.4, -0.2) is 26.2 Å². The molecule has 0 saturated carbocycles. The van der Waals surface area contributed by atoms with E-state index < -0.39 is 16.6 Å². The van der Waals surface area contributed by atoms with Crippen molar-refractivity contribution in [2.75, 3.05) is 5.32 Å². The lowest BCUT2D eigenvalue weighted by Gasteiger charge is -2.23. The highest BCUT2D eigenvalue weighted by molar-refractivity contribution is 5.99. The quantitative estimate of drug-likeness (QED) is 0.235. The van der Waals surface area contributed by atoms with Crippen molar-refractivity contribution in [2.45, 2.75) is 0 Å². The van der Waals surface area contributed by atoms with Gasteiger partial charge in [0.1, 0.15) is 0 Å². The third-order valence-electron chi connectivity index (χ3n) is 4.30. The van der Waals surface area contributed by atoms with Gasteiger partial charge in [-0.15, -0.1) is 0 Å². The van der Waals surface area contributed by atoms with Crippen LogP contribution in [0.3, 0.4) is 0 Å². The average molecular weight is 380 g/mol. The summed E-state index contributed by atoms with van der Waals surface area (Å²) in [6.45, 7) is 0. The van der Waals surface area contributed by atoms with Gasteiger partial charge in [-0.3, -0.25) is 10.1 Å². The average Bonchev–Trinajstić information content (AvgIpc) is 2.67. The van der Waals surface area contributed by atoms with E-state index in [1.54, 1.807) is 24.3 Å². The van der Waals surface area contributed by atoms with Crippen LogP contribution in [0.4, 0.5) is 17.1 Å². The Hall–Kier alpha value is -4.27. The van der Waals surface area contributed by atoms with Gasteiger partial charge in [0.05, 0.1) is 27.9 Å². The van der Waals surface area contributed by atoms with Gasteiger partial charge in [0.25, 0.3) is 5.69 Å². The molecule has 1 heterocycles.